The number of hydrogen-bond acceptors (Lipinski definition) is 3. The summed E-state index contributed by atoms with van der Waals surface area (Å²) in [6.07, 6.45) is -5.09. The zero-order valence-corrected chi connectivity index (χ0v) is 12.3. The van der Waals surface area contributed by atoms with Crippen molar-refractivity contribution in [3.05, 3.63) is 35.4 Å². The SMILES string of the molecule is CC(NNC(=O)OC(C)(C)C)c1cccc(C(F)(F)F)c1. The van der Waals surface area contributed by atoms with Crippen molar-refractivity contribution in [3.63, 3.8) is 0 Å². The van der Waals surface area contributed by atoms with E-state index in [1.54, 1.807) is 33.8 Å². The maximum absolute atomic E-state index is 12.6. The van der Waals surface area contributed by atoms with Crippen LogP contribution >= 0.6 is 0 Å². The number of ether oxygens (including phenoxy) is 1. The van der Waals surface area contributed by atoms with Crippen molar-refractivity contribution in [3.8, 4) is 0 Å². The zero-order chi connectivity index (χ0) is 16.3. The second-order valence-corrected chi connectivity index (χ2v) is 5.62. The molecule has 0 saturated heterocycles. The number of carbonyl (C=O) groups excluding carboxylic acids is 1. The predicted octanol–water partition coefficient (Wildman–Crippen LogP) is 3.80. The molecule has 21 heavy (non-hydrogen) atoms. The van der Waals surface area contributed by atoms with Crippen LogP contribution in [0.2, 0.25) is 0 Å². The van der Waals surface area contributed by atoms with Gasteiger partial charge in [-0.1, -0.05) is 12.1 Å². The number of benzene rings is 1. The molecule has 0 aliphatic carbocycles. The molecule has 2 N–H and O–H groups in total. The predicted molar refractivity (Wildman–Crippen MR) is 72.4 cm³/mol. The Hall–Kier alpha value is -1.76. The Labute approximate surface area is 121 Å². The molecule has 0 saturated carbocycles. The molecule has 0 spiro atoms. The first-order valence-corrected chi connectivity index (χ1v) is 6.41. The van der Waals surface area contributed by atoms with Gasteiger partial charge in [-0.15, -0.1) is 0 Å². The summed E-state index contributed by atoms with van der Waals surface area (Å²) < 4.78 is 42.9. The van der Waals surface area contributed by atoms with Gasteiger partial charge in [-0.05, 0) is 45.4 Å². The van der Waals surface area contributed by atoms with E-state index in [9.17, 15) is 18.0 Å². The van der Waals surface area contributed by atoms with Crippen molar-refractivity contribution in [1.29, 1.82) is 0 Å². The number of carbonyl (C=O) groups is 1. The fourth-order valence-electron chi connectivity index (χ4n) is 1.54. The van der Waals surface area contributed by atoms with Gasteiger partial charge in [-0.25, -0.2) is 10.2 Å². The first-order chi connectivity index (χ1) is 9.49. The standard InChI is InChI=1S/C14H19F3N2O2/c1-9(18-19-12(20)21-13(2,3)4)10-6-5-7-11(8-10)14(15,16)17/h5-9,18H,1-4H3,(H,19,20). The number of rotatable bonds is 3. The molecule has 0 heterocycles. The lowest BCUT2D eigenvalue weighted by molar-refractivity contribution is -0.137. The Kier molecular flexibility index (Phi) is 5.22. The Morgan fingerprint density at radius 2 is 1.86 bits per heavy atom. The van der Waals surface area contributed by atoms with Gasteiger partial charge in [0.25, 0.3) is 0 Å². The van der Waals surface area contributed by atoms with Crippen LogP contribution in [-0.2, 0) is 10.9 Å². The van der Waals surface area contributed by atoms with Crippen molar-refractivity contribution in [2.24, 2.45) is 0 Å². The molecule has 1 unspecified atom stereocenters. The van der Waals surface area contributed by atoms with Crippen LogP contribution in [0.3, 0.4) is 0 Å². The molecule has 0 radical (unpaired) electrons. The van der Waals surface area contributed by atoms with Gasteiger partial charge in [0, 0.05) is 6.04 Å². The summed E-state index contributed by atoms with van der Waals surface area (Å²) in [5.74, 6) is 0. The van der Waals surface area contributed by atoms with E-state index in [1.165, 1.54) is 6.07 Å². The van der Waals surface area contributed by atoms with Gasteiger partial charge in [0.2, 0.25) is 0 Å². The molecule has 4 nitrogen and oxygen atoms in total. The summed E-state index contributed by atoms with van der Waals surface area (Å²) in [5, 5.41) is 0. The van der Waals surface area contributed by atoms with Gasteiger partial charge < -0.3 is 4.74 Å². The molecular weight excluding hydrogens is 285 g/mol. The number of amides is 1. The normalized spacial score (nSPS) is 13.7. The average Bonchev–Trinajstić information content (AvgIpc) is 2.33. The molecule has 7 heteroatoms. The minimum absolute atomic E-state index is 0.404. The van der Waals surface area contributed by atoms with Crippen molar-refractivity contribution < 1.29 is 22.7 Å². The molecular formula is C14H19F3N2O2. The second-order valence-electron chi connectivity index (χ2n) is 5.62. The highest BCUT2D eigenvalue weighted by molar-refractivity contribution is 5.67. The monoisotopic (exact) mass is 304 g/mol. The first-order valence-electron chi connectivity index (χ1n) is 6.41. The molecule has 1 atom stereocenters. The van der Waals surface area contributed by atoms with Gasteiger partial charge in [-0.2, -0.15) is 13.2 Å². The fourth-order valence-corrected chi connectivity index (χ4v) is 1.54. The number of nitrogens with one attached hydrogen (secondary N) is 2. The number of hydrazine groups is 1. The quantitative estimate of drug-likeness (QED) is 0.835. The highest BCUT2D eigenvalue weighted by atomic mass is 19.4. The van der Waals surface area contributed by atoms with Crippen molar-refractivity contribution in [2.45, 2.75) is 45.5 Å². The minimum atomic E-state index is -4.39. The van der Waals surface area contributed by atoms with Crippen LogP contribution in [0.1, 0.15) is 44.9 Å². The topological polar surface area (TPSA) is 50.4 Å². The highest BCUT2D eigenvalue weighted by Gasteiger charge is 2.30. The van der Waals surface area contributed by atoms with Crippen LogP contribution in [0.25, 0.3) is 0 Å². The molecule has 1 amide bonds. The summed E-state index contributed by atoms with van der Waals surface area (Å²) in [6.45, 7) is 6.77. The summed E-state index contributed by atoms with van der Waals surface area (Å²) in [7, 11) is 0. The van der Waals surface area contributed by atoms with Crippen LogP contribution in [0.5, 0.6) is 0 Å². The van der Waals surface area contributed by atoms with E-state index in [1.807, 2.05) is 0 Å². The van der Waals surface area contributed by atoms with Gasteiger partial charge in [0.05, 0.1) is 5.56 Å². The molecule has 0 aromatic heterocycles. The molecule has 1 aromatic carbocycles. The van der Waals surface area contributed by atoms with E-state index in [0.29, 0.717) is 5.56 Å². The van der Waals surface area contributed by atoms with Crippen LogP contribution < -0.4 is 10.9 Å². The lowest BCUT2D eigenvalue weighted by atomic mass is 10.1. The molecule has 0 fully saturated rings. The van der Waals surface area contributed by atoms with E-state index in [2.05, 4.69) is 10.9 Å². The number of halogens is 3. The van der Waals surface area contributed by atoms with Crippen LogP contribution in [0, 0.1) is 0 Å². The van der Waals surface area contributed by atoms with E-state index < -0.39 is 29.5 Å². The lowest BCUT2D eigenvalue weighted by Crippen LogP contribution is -2.42. The maximum Gasteiger partial charge on any atom is 0.422 e. The Bertz CT molecular complexity index is 496. The summed E-state index contributed by atoms with van der Waals surface area (Å²) in [4.78, 5) is 11.4. The van der Waals surface area contributed by atoms with Crippen molar-refractivity contribution >= 4 is 6.09 Å². The second kappa shape index (κ2) is 6.34. The minimum Gasteiger partial charge on any atom is -0.443 e. The molecule has 0 aliphatic rings. The Balaban J connectivity index is 2.64. The molecule has 118 valence electrons. The van der Waals surface area contributed by atoms with E-state index in [-0.39, 0.29) is 0 Å². The number of alkyl halides is 3. The molecule has 1 aromatic rings. The Morgan fingerprint density at radius 3 is 2.38 bits per heavy atom. The summed E-state index contributed by atoms with van der Waals surface area (Å²) in [6, 6.07) is 4.40. The van der Waals surface area contributed by atoms with Crippen LogP contribution in [-0.4, -0.2) is 11.7 Å². The highest BCUT2D eigenvalue weighted by Crippen LogP contribution is 2.30. The lowest BCUT2D eigenvalue weighted by Gasteiger charge is -2.21. The van der Waals surface area contributed by atoms with Gasteiger partial charge in [-0.3, -0.25) is 5.43 Å². The van der Waals surface area contributed by atoms with Crippen molar-refractivity contribution in [1.82, 2.24) is 10.9 Å². The van der Waals surface area contributed by atoms with E-state index in [4.69, 9.17) is 4.74 Å². The Morgan fingerprint density at radius 1 is 1.24 bits per heavy atom. The van der Waals surface area contributed by atoms with Gasteiger partial charge in [0.1, 0.15) is 5.60 Å². The van der Waals surface area contributed by atoms with Crippen molar-refractivity contribution in [2.75, 3.05) is 0 Å². The third-order valence-electron chi connectivity index (χ3n) is 2.50. The fraction of sp³-hybridized carbons (Fsp3) is 0.500. The third kappa shape index (κ3) is 6.03. The van der Waals surface area contributed by atoms with Crippen LogP contribution in [0.4, 0.5) is 18.0 Å². The third-order valence-corrected chi connectivity index (χ3v) is 2.50. The molecule has 0 bridgehead atoms. The van der Waals surface area contributed by atoms with Gasteiger partial charge in [0.15, 0.2) is 0 Å². The summed E-state index contributed by atoms with van der Waals surface area (Å²) in [5.41, 5.74) is 3.94. The summed E-state index contributed by atoms with van der Waals surface area (Å²) >= 11 is 0. The average molecular weight is 304 g/mol. The molecule has 0 aliphatic heterocycles. The molecule has 1 rings (SSSR count). The van der Waals surface area contributed by atoms with Gasteiger partial charge >= 0.3 is 12.3 Å². The van der Waals surface area contributed by atoms with E-state index >= 15 is 0 Å². The van der Waals surface area contributed by atoms with E-state index in [0.717, 1.165) is 12.1 Å². The zero-order valence-electron chi connectivity index (χ0n) is 12.3. The smallest absolute Gasteiger partial charge is 0.422 e. The first kappa shape index (κ1) is 17.3. The largest absolute Gasteiger partial charge is 0.443 e. The number of hydrogen-bond donors (Lipinski definition) is 2. The maximum atomic E-state index is 12.6. The van der Waals surface area contributed by atoms with Crippen LogP contribution in [0.15, 0.2) is 24.3 Å².